The van der Waals surface area contributed by atoms with Gasteiger partial charge >= 0.3 is 0 Å². The summed E-state index contributed by atoms with van der Waals surface area (Å²) < 4.78 is 10.3. The number of fused-ring (bicyclic) bond motifs is 1. The van der Waals surface area contributed by atoms with Gasteiger partial charge in [0.05, 0.1) is 7.11 Å². The summed E-state index contributed by atoms with van der Waals surface area (Å²) in [6.45, 7) is 1.50. The highest BCUT2D eigenvalue weighted by atomic mass is 16.5. The molecule has 1 aliphatic rings. The standard InChI is InChI=1S/C25H26N4O3/c1-31-22-15-19(32-28-22)8-9-23(30)29-14-4-5-18(16-29)25-24(17-10-12-26-13-11-17)20-6-2-3-7-21(20)27-25/h2-3,6-7,10-13,15,18,27H,4-5,8-9,14,16H2,1H3. The lowest BCUT2D eigenvalue weighted by atomic mass is 9.89. The van der Waals surface area contributed by atoms with E-state index in [1.54, 1.807) is 13.2 Å². The van der Waals surface area contributed by atoms with Crippen molar-refractivity contribution in [3.8, 4) is 17.0 Å². The molecule has 4 heterocycles. The maximum Gasteiger partial charge on any atom is 0.254 e. The third kappa shape index (κ3) is 3.98. The molecule has 1 aromatic carbocycles. The fourth-order valence-electron chi connectivity index (χ4n) is 4.63. The number of amides is 1. The van der Waals surface area contributed by atoms with Gasteiger partial charge in [0.2, 0.25) is 5.91 Å². The number of aromatic nitrogens is 3. The van der Waals surface area contributed by atoms with Gasteiger partial charge in [0.15, 0.2) is 0 Å². The summed E-state index contributed by atoms with van der Waals surface area (Å²) in [5.74, 6) is 1.51. The summed E-state index contributed by atoms with van der Waals surface area (Å²) >= 11 is 0. The maximum atomic E-state index is 13.0. The van der Waals surface area contributed by atoms with Gasteiger partial charge in [0.25, 0.3) is 5.88 Å². The molecule has 1 aliphatic heterocycles. The Hall–Kier alpha value is -3.61. The van der Waals surface area contributed by atoms with E-state index in [2.05, 4.69) is 45.5 Å². The molecule has 0 aliphatic carbocycles. The summed E-state index contributed by atoms with van der Waals surface area (Å²) in [5.41, 5.74) is 4.69. The second-order valence-electron chi connectivity index (χ2n) is 8.21. The zero-order valence-corrected chi connectivity index (χ0v) is 18.1. The van der Waals surface area contributed by atoms with Gasteiger partial charge in [-0.05, 0) is 41.8 Å². The van der Waals surface area contributed by atoms with Crippen molar-refractivity contribution in [3.63, 3.8) is 0 Å². The number of piperidine rings is 1. The smallest absolute Gasteiger partial charge is 0.254 e. The van der Waals surface area contributed by atoms with E-state index in [1.165, 1.54) is 16.6 Å². The number of hydrogen-bond donors (Lipinski definition) is 1. The SMILES string of the molecule is COc1cc(CCC(=O)N2CCCC(c3[nH]c4ccccc4c3-c3ccncc3)C2)on1. The average Bonchev–Trinajstić information content (AvgIpc) is 3.47. The summed E-state index contributed by atoms with van der Waals surface area (Å²) in [6.07, 6.45) is 6.61. The first kappa shape index (κ1) is 20.3. The zero-order valence-electron chi connectivity index (χ0n) is 18.1. The van der Waals surface area contributed by atoms with Crippen molar-refractivity contribution in [2.45, 2.75) is 31.6 Å². The zero-order chi connectivity index (χ0) is 21.9. The average molecular weight is 431 g/mol. The van der Waals surface area contributed by atoms with Gasteiger partial charge in [-0.1, -0.05) is 18.2 Å². The van der Waals surface area contributed by atoms with Gasteiger partial charge in [0, 0.05) is 72.5 Å². The molecule has 0 spiro atoms. The lowest BCUT2D eigenvalue weighted by Gasteiger charge is -2.33. The van der Waals surface area contributed by atoms with Crippen LogP contribution in [-0.4, -0.2) is 46.1 Å². The number of nitrogens with zero attached hydrogens (tertiary/aromatic N) is 3. The highest BCUT2D eigenvalue weighted by Gasteiger charge is 2.28. The molecule has 1 N–H and O–H groups in total. The van der Waals surface area contributed by atoms with Crippen LogP contribution in [0, 0.1) is 0 Å². The van der Waals surface area contributed by atoms with Crippen LogP contribution in [-0.2, 0) is 11.2 Å². The van der Waals surface area contributed by atoms with Crippen LogP contribution < -0.4 is 4.74 Å². The van der Waals surface area contributed by atoms with Gasteiger partial charge in [-0.15, -0.1) is 0 Å². The van der Waals surface area contributed by atoms with E-state index in [0.717, 1.165) is 30.5 Å². The minimum Gasteiger partial charge on any atom is -0.479 e. The maximum absolute atomic E-state index is 13.0. The predicted molar refractivity (Wildman–Crippen MR) is 121 cm³/mol. The van der Waals surface area contributed by atoms with E-state index in [1.807, 2.05) is 23.4 Å². The van der Waals surface area contributed by atoms with Crippen LogP contribution in [0.3, 0.4) is 0 Å². The van der Waals surface area contributed by atoms with Crippen molar-refractivity contribution >= 4 is 16.8 Å². The molecule has 1 fully saturated rings. The molecule has 0 radical (unpaired) electrons. The third-order valence-electron chi connectivity index (χ3n) is 6.22. The van der Waals surface area contributed by atoms with E-state index in [9.17, 15) is 4.79 Å². The van der Waals surface area contributed by atoms with E-state index >= 15 is 0 Å². The molecule has 7 nitrogen and oxygen atoms in total. The van der Waals surface area contributed by atoms with E-state index in [-0.39, 0.29) is 11.8 Å². The van der Waals surface area contributed by atoms with Crippen molar-refractivity contribution in [1.29, 1.82) is 0 Å². The molecule has 1 amide bonds. The highest BCUT2D eigenvalue weighted by molar-refractivity contribution is 5.97. The molecule has 32 heavy (non-hydrogen) atoms. The lowest BCUT2D eigenvalue weighted by Crippen LogP contribution is -2.39. The Kier molecular flexibility index (Phi) is 5.62. The molecule has 0 saturated carbocycles. The van der Waals surface area contributed by atoms with Gasteiger partial charge in [-0.25, -0.2) is 0 Å². The molecular weight excluding hydrogens is 404 g/mol. The van der Waals surface area contributed by atoms with Crippen molar-refractivity contribution in [2.75, 3.05) is 20.2 Å². The van der Waals surface area contributed by atoms with E-state index in [4.69, 9.17) is 9.26 Å². The highest BCUT2D eigenvalue weighted by Crippen LogP contribution is 2.39. The fourth-order valence-corrected chi connectivity index (χ4v) is 4.63. The molecule has 1 unspecified atom stereocenters. The Morgan fingerprint density at radius 2 is 2.09 bits per heavy atom. The third-order valence-corrected chi connectivity index (χ3v) is 6.22. The number of carbonyl (C=O) groups excluding carboxylic acids is 1. The molecule has 4 aromatic rings. The number of rotatable bonds is 6. The van der Waals surface area contributed by atoms with Crippen LogP contribution in [0.4, 0.5) is 0 Å². The number of aryl methyl sites for hydroxylation is 1. The van der Waals surface area contributed by atoms with E-state index in [0.29, 0.717) is 31.0 Å². The number of benzene rings is 1. The number of hydrogen-bond acceptors (Lipinski definition) is 5. The summed E-state index contributed by atoms with van der Waals surface area (Å²) in [4.78, 5) is 22.8. The number of ether oxygens (including phenoxy) is 1. The topological polar surface area (TPSA) is 84.2 Å². The number of nitrogens with one attached hydrogen (secondary N) is 1. The Balaban J connectivity index is 1.37. The Labute approximate surface area is 186 Å². The number of likely N-dealkylation sites (tertiary alicyclic amines) is 1. The van der Waals surface area contributed by atoms with Crippen LogP contribution in [0.15, 0.2) is 59.4 Å². The first-order valence-electron chi connectivity index (χ1n) is 11.0. The van der Waals surface area contributed by atoms with Crippen LogP contribution in [0.5, 0.6) is 5.88 Å². The van der Waals surface area contributed by atoms with Crippen molar-refractivity contribution < 1.29 is 14.1 Å². The number of carbonyl (C=O) groups is 1. The number of H-pyrrole nitrogens is 1. The summed E-state index contributed by atoms with van der Waals surface area (Å²) in [6, 6.07) is 14.2. The van der Waals surface area contributed by atoms with Gasteiger partial charge in [0.1, 0.15) is 5.76 Å². The van der Waals surface area contributed by atoms with Crippen LogP contribution >= 0.6 is 0 Å². The number of pyridine rings is 1. The predicted octanol–water partition coefficient (Wildman–Crippen LogP) is 4.57. The molecule has 0 bridgehead atoms. The Morgan fingerprint density at radius 1 is 1.25 bits per heavy atom. The minimum atomic E-state index is 0.145. The number of para-hydroxylation sites is 1. The van der Waals surface area contributed by atoms with Crippen molar-refractivity contribution in [2.24, 2.45) is 0 Å². The molecule has 1 atom stereocenters. The number of methoxy groups -OCH3 is 1. The van der Waals surface area contributed by atoms with Crippen LogP contribution in [0.1, 0.15) is 36.6 Å². The second-order valence-corrected chi connectivity index (χ2v) is 8.21. The number of aromatic amines is 1. The van der Waals surface area contributed by atoms with Gasteiger partial charge < -0.3 is 19.1 Å². The molecule has 7 heteroatoms. The summed E-state index contributed by atoms with van der Waals surface area (Å²) in [5, 5.41) is 5.01. The quantitative estimate of drug-likeness (QED) is 0.485. The molecule has 5 rings (SSSR count). The van der Waals surface area contributed by atoms with Gasteiger partial charge in [-0.2, -0.15) is 0 Å². The van der Waals surface area contributed by atoms with Gasteiger partial charge in [-0.3, -0.25) is 9.78 Å². The lowest BCUT2D eigenvalue weighted by molar-refractivity contribution is -0.132. The minimum absolute atomic E-state index is 0.145. The van der Waals surface area contributed by atoms with Crippen LogP contribution in [0.2, 0.25) is 0 Å². The molecular formula is C25H26N4O3. The van der Waals surface area contributed by atoms with Crippen LogP contribution in [0.25, 0.3) is 22.0 Å². The molecule has 164 valence electrons. The Bertz CT molecular complexity index is 1210. The van der Waals surface area contributed by atoms with Crippen molar-refractivity contribution in [3.05, 3.63) is 66.3 Å². The summed E-state index contributed by atoms with van der Waals surface area (Å²) in [7, 11) is 1.55. The molecule has 1 saturated heterocycles. The van der Waals surface area contributed by atoms with E-state index < -0.39 is 0 Å². The molecule has 3 aromatic heterocycles. The largest absolute Gasteiger partial charge is 0.479 e. The normalized spacial score (nSPS) is 16.4. The van der Waals surface area contributed by atoms with Crippen molar-refractivity contribution in [1.82, 2.24) is 20.0 Å². The first-order chi connectivity index (χ1) is 15.7. The Morgan fingerprint density at radius 3 is 2.91 bits per heavy atom. The fraction of sp³-hybridized carbons (Fsp3) is 0.320. The second kappa shape index (κ2) is 8.86. The first-order valence-corrected chi connectivity index (χ1v) is 11.0. The monoisotopic (exact) mass is 430 g/mol.